The van der Waals surface area contributed by atoms with Gasteiger partial charge in [-0.25, -0.2) is 0 Å². The molecule has 0 radical (unpaired) electrons. The van der Waals surface area contributed by atoms with Crippen LogP contribution in [-0.2, 0) is 4.79 Å². The molecule has 0 spiro atoms. The van der Waals surface area contributed by atoms with E-state index in [1.807, 2.05) is 20.0 Å². The molecule has 4 nitrogen and oxygen atoms in total. The van der Waals surface area contributed by atoms with Gasteiger partial charge >= 0.3 is 0 Å². The number of aromatic nitrogens is 2. The highest BCUT2D eigenvalue weighted by Crippen LogP contribution is 2.36. The largest absolute Gasteiger partial charge is 0.349 e. The van der Waals surface area contributed by atoms with Gasteiger partial charge in [-0.1, -0.05) is 6.92 Å². The van der Waals surface area contributed by atoms with Gasteiger partial charge in [0.2, 0.25) is 5.91 Å². The molecule has 0 aliphatic heterocycles. The highest BCUT2D eigenvalue weighted by Gasteiger charge is 2.32. The molecular weight excluding hydrogens is 190 g/mol. The summed E-state index contributed by atoms with van der Waals surface area (Å²) in [6.45, 7) is 3.98. The lowest BCUT2D eigenvalue weighted by Gasteiger charge is -2.15. The van der Waals surface area contributed by atoms with Crippen LogP contribution in [0.4, 0.5) is 0 Å². The zero-order valence-electron chi connectivity index (χ0n) is 9.16. The van der Waals surface area contributed by atoms with Gasteiger partial charge in [-0.05, 0) is 25.7 Å². The van der Waals surface area contributed by atoms with Crippen molar-refractivity contribution in [2.75, 3.05) is 0 Å². The molecule has 1 saturated carbocycles. The highest BCUT2D eigenvalue weighted by molar-refractivity contribution is 5.79. The van der Waals surface area contributed by atoms with Gasteiger partial charge < -0.3 is 5.32 Å². The smallest absolute Gasteiger partial charge is 0.223 e. The molecule has 1 fully saturated rings. The molecule has 2 atom stereocenters. The van der Waals surface area contributed by atoms with Gasteiger partial charge in [0.15, 0.2) is 0 Å². The van der Waals surface area contributed by atoms with Gasteiger partial charge in [-0.2, -0.15) is 5.10 Å². The molecular formula is C11H17N3O. The van der Waals surface area contributed by atoms with E-state index in [1.54, 1.807) is 6.20 Å². The third-order valence-corrected chi connectivity index (χ3v) is 3.12. The van der Waals surface area contributed by atoms with Crippen LogP contribution in [0.1, 0.15) is 38.3 Å². The Morgan fingerprint density at radius 2 is 2.33 bits per heavy atom. The van der Waals surface area contributed by atoms with E-state index >= 15 is 0 Å². The molecule has 1 aliphatic rings. The first-order chi connectivity index (χ1) is 7.18. The van der Waals surface area contributed by atoms with Crippen LogP contribution >= 0.6 is 0 Å². The second kappa shape index (κ2) is 4.04. The van der Waals surface area contributed by atoms with E-state index in [9.17, 15) is 4.79 Å². The molecule has 4 heteroatoms. The summed E-state index contributed by atoms with van der Waals surface area (Å²) in [5.74, 6) is 0.923. The van der Waals surface area contributed by atoms with Gasteiger partial charge in [-0.15, -0.1) is 0 Å². The molecule has 0 saturated heterocycles. The summed E-state index contributed by atoms with van der Waals surface area (Å²) < 4.78 is 0. The first kappa shape index (κ1) is 10.2. The molecule has 15 heavy (non-hydrogen) atoms. The zero-order valence-corrected chi connectivity index (χ0v) is 9.16. The van der Waals surface area contributed by atoms with E-state index in [0.29, 0.717) is 5.92 Å². The van der Waals surface area contributed by atoms with Crippen LogP contribution in [0.5, 0.6) is 0 Å². The third kappa shape index (κ3) is 2.37. The molecule has 1 aromatic heterocycles. The number of hydrogen-bond acceptors (Lipinski definition) is 2. The van der Waals surface area contributed by atoms with E-state index in [4.69, 9.17) is 0 Å². The molecule has 2 unspecified atom stereocenters. The van der Waals surface area contributed by atoms with Crippen LogP contribution in [-0.4, -0.2) is 16.1 Å². The Kier molecular flexibility index (Phi) is 2.75. The maximum atomic E-state index is 11.8. The number of hydrogen-bond donors (Lipinski definition) is 2. The number of carbonyl (C=O) groups is 1. The number of rotatable bonds is 4. The van der Waals surface area contributed by atoms with Crippen LogP contribution in [0.25, 0.3) is 0 Å². The molecule has 1 aromatic rings. The van der Waals surface area contributed by atoms with Crippen molar-refractivity contribution in [3.63, 3.8) is 0 Å². The van der Waals surface area contributed by atoms with Crippen molar-refractivity contribution >= 4 is 5.91 Å². The average molecular weight is 207 g/mol. The number of aromatic amines is 1. The van der Waals surface area contributed by atoms with Crippen molar-refractivity contribution < 1.29 is 4.79 Å². The summed E-state index contributed by atoms with van der Waals surface area (Å²) in [6.07, 6.45) is 5.96. The minimum absolute atomic E-state index is 0.0393. The van der Waals surface area contributed by atoms with Crippen LogP contribution < -0.4 is 5.32 Å². The Bertz CT molecular complexity index is 330. The molecule has 82 valence electrons. The predicted molar refractivity (Wildman–Crippen MR) is 57.0 cm³/mol. The van der Waals surface area contributed by atoms with Crippen molar-refractivity contribution in [2.24, 2.45) is 11.8 Å². The van der Waals surface area contributed by atoms with Crippen molar-refractivity contribution in [3.05, 3.63) is 18.0 Å². The van der Waals surface area contributed by atoms with Gasteiger partial charge in [-0.3, -0.25) is 9.89 Å². The first-order valence-corrected chi connectivity index (χ1v) is 5.47. The average Bonchev–Trinajstić information content (AvgIpc) is 2.91. The normalized spacial score (nSPS) is 19.6. The SMILES string of the molecule is CC(NC(=O)C(C)C1CC1)c1cn[nH]c1. The highest BCUT2D eigenvalue weighted by atomic mass is 16.1. The molecule has 2 N–H and O–H groups in total. The molecule has 0 bridgehead atoms. The molecule has 1 aliphatic carbocycles. The number of carbonyl (C=O) groups excluding carboxylic acids is 1. The third-order valence-electron chi connectivity index (χ3n) is 3.12. The van der Waals surface area contributed by atoms with E-state index in [1.165, 1.54) is 12.8 Å². The van der Waals surface area contributed by atoms with E-state index in [-0.39, 0.29) is 17.9 Å². The van der Waals surface area contributed by atoms with Gasteiger partial charge in [0.25, 0.3) is 0 Å². The number of H-pyrrole nitrogens is 1. The van der Waals surface area contributed by atoms with Crippen LogP contribution in [0, 0.1) is 11.8 Å². The Hall–Kier alpha value is -1.32. The van der Waals surface area contributed by atoms with Crippen molar-refractivity contribution in [1.29, 1.82) is 0 Å². The summed E-state index contributed by atoms with van der Waals surface area (Å²) in [5.41, 5.74) is 1.02. The minimum Gasteiger partial charge on any atom is -0.349 e. The summed E-state index contributed by atoms with van der Waals surface area (Å²) >= 11 is 0. The second-order valence-electron chi connectivity index (χ2n) is 4.39. The monoisotopic (exact) mass is 207 g/mol. The number of nitrogens with one attached hydrogen (secondary N) is 2. The predicted octanol–water partition coefficient (Wildman–Crippen LogP) is 1.63. The maximum absolute atomic E-state index is 11.8. The topological polar surface area (TPSA) is 57.8 Å². The molecule has 1 amide bonds. The van der Waals surface area contributed by atoms with Crippen LogP contribution in [0.2, 0.25) is 0 Å². The van der Waals surface area contributed by atoms with Crippen molar-refractivity contribution in [3.8, 4) is 0 Å². The number of amides is 1. The Balaban J connectivity index is 1.88. The lowest BCUT2D eigenvalue weighted by atomic mass is 10.0. The lowest BCUT2D eigenvalue weighted by Crippen LogP contribution is -2.32. The summed E-state index contributed by atoms with van der Waals surface area (Å²) in [4.78, 5) is 11.8. The second-order valence-corrected chi connectivity index (χ2v) is 4.39. The molecule has 0 aromatic carbocycles. The fourth-order valence-electron chi connectivity index (χ4n) is 1.74. The van der Waals surface area contributed by atoms with E-state index < -0.39 is 0 Å². The Morgan fingerprint density at radius 3 is 2.87 bits per heavy atom. The van der Waals surface area contributed by atoms with Gasteiger partial charge in [0, 0.05) is 17.7 Å². The Labute approximate surface area is 89.5 Å². The summed E-state index contributed by atoms with van der Waals surface area (Å²) in [7, 11) is 0. The molecule has 2 rings (SSSR count). The number of nitrogens with zero attached hydrogens (tertiary/aromatic N) is 1. The van der Waals surface area contributed by atoms with Gasteiger partial charge in [0.05, 0.1) is 12.2 Å². The first-order valence-electron chi connectivity index (χ1n) is 5.47. The van der Waals surface area contributed by atoms with Crippen LogP contribution in [0.3, 0.4) is 0 Å². The maximum Gasteiger partial charge on any atom is 0.223 e. The van der Waals surface area contributed by atoms with E-state index in [0.717, 1.165) is 5.56 Å². The fraction of sp³-hybridized carbons (Fsp3) is 0.636. The quantitative estimate of drug-likeness (QED) is 0.788. The summed E-state index contributed by atoms with van der Waals surface area (Å²) in [5, 5.41) is 9.62. The molecule has 1 heterocycles. The van der Waals surface area contributed by atoms with Crippen molar-refractivity contribution in [1.82, 2.24) is 15.5 Å². The van der Waals surface area contributed by atoms with Gasteiger partial charge in [0.1, 0.15) is 0 Å². The van der Waals surface area contributed by atoms with E-state index in [2.05, 4.69) is 15.5 Å². The van der Waals surface area contributed by atoms with Crippen LogP contribution in [0.15, 0.2) is 12.4 Å². The summed E-state index contributed by atoms with van der Waals surface area (Å²) in [6, 6.07) is 0.0393. The lowest BCUT2D eigenvalue weighted by molar-refractivity contribution is -0.125. The zero-order chi connectivity index (χ0) is 10.8. The Morgan fingerprint density at radius 1 is 1.60 bits per heavy atom. The minimum atomic E-state index is 0.0393. The standard InChI is InChI=1S/C11H17N3O/c1-7(9-3-4-9)11(15)14-8(2)10-5-12-13-6-10/h5-9H,3-4H2,1-2H3,(H,12,13)(H,14,15). The fourth-order valence-corrected chi connectivity index (χ4v) is 1.74. The van der Waals surface area contributed by atoms with Crippen molar-refractivity contribution in [2.45, 2.75) is 32.7 Å².